The van der Waals surface area contributed by atoms with Gasteiger partial charge in [-0.2, -0.15) is 13.2 Å². The molecule has 2 saturated carbocycles. The second-order valence-corrected chi connectivity index (χ2v) is 14.1. The summed E-state index contributed by atoms with van der Waals surface area (Å²) < 4.78 is 69.8. The summed E-state index contributed by atoms with van der Waals surface area (Å²) in [5, 5.41) is 42.7. The van der Waals surface area contributed by atoms with Gasteiger partial charge in [-0.05, 0) is 17.9 Å². The SMILES string of the molecule is C[C@@H]1C(=O)O[C@H]2[C@H](O)[C@@]34[C@@H]5OC(=O)[C@]3(O[C@@H]3OC(=O)[C@H](OCc6ccc(C7(C(F)(F)F)N=N7)cc6)[C@]34[C@H](C(C)(C)C)[C@H]5O)[C@@]12O. The number of carbonyl (C=O) groups excluding carboxylic acids is 3. The van der Waals surface area contributed by atoms with Gasteiger partial charge in [-0.25, -0.2) is 9.59 Å². The number of hydrogen-bond acceptors (Lipinski definition) is 13. The second-order valence-electron chi connectivity index (χ2n) is 14.1. The van der Waals surface area contributed by atoms with Crippen molar-refractivity contribution in [2.45, 2.75) is 94.2 Å². The number of rotatable bonds is 4. The van der Waals surface area contributed by atoms with E-state index in [9.17, 15) is 42.9 Å². The molecule has 0 bridgehead atoms. The summed E-state index contributed by atoms with van der Waals surface area (Å²) in [6.45, 7) is 6.24. The van der Waals surface area contributed by atoms with Crippen LogP contribution in [0.2, 0.25) is 0 Å². The summed E-state index contributed by atoms with van der Waals surface area (Å²) in [7, 11) is 0. The Labute approximate surface area is 252 Å². The summed E-state index contributed by atoms with van der Waals surface area (Å²) in [5.41, 5.74) is -12.3. The first-order valence-corrected chi connectivity index (χ1v) is 14.5. The highest BCUT2D eigenvalue weighted by atomic mass is 19.4. The Hall–Kier alpha value is -3.18. The summed E-state index contributed by atoms with van der Waals surface area (Å²) in [5.74, 6) is -5.41. The zero-order valence-corrected chi connectivity index (χ0v) is 24.3. The van der Waals surface area contributed by atoms with E-state index >= 15 is 0 Å². The van der Waals surface area contributed by atoms with Gasteiger partial charge in [0.05, 0.1) is 29.5 Å². The van der Waals surface area contributed by atoms with Gasteiger partial charge in [0.15, 0.2) is 17.8 Å². The van der Waals surface area contributed by atoms with E-state index in [4.69, 9.17) is 23.7 Å². The third-order valence-electron chi connectivity index (χ3n) is 11.4. The van der Waals surface area contributed by atoms with Gasteiger partial charge >= 0.3 is 29.7 Å². The van der Waals surface area contributed by atoms with E-state index in [2.05, 4.69) is 10.2 Å². The molecule has 0 unspecified atom stereocenters. The van der Waals surface area contributed by atoms with Crippen LogP contribution in [0.1, 0.15) is 38.8 Å². The van der Waals surface area contributed by atoms with Crippen LogP contribution in [-0.2, 0) is 50.3 Å². The van der Waals surface area contributed by atoms with Gasteiger partial charge in [-0.3, -0.25) is 4.79 Å². The number of fused-ring (bicyclic) bond motifs is 1. The van der Waals surface area contributed by atoms with Gasteiger partial charge in [0, 0.05) is 11.5 Å². The van der Waals surface area contributed by atoms with Crippen LogP contribution in [0.4, 0.5) is 13.2 Å². The van der Waals surface area contributed by atoms with Crippen LogP contribution in [0.3, 0.4) is 0 Å². The van der Waals surface area contributed by atoms with Gasteiger partial charge < -0.3 is 39.0 Å². The van der Waals surface area contributed by atoms with E-state index in [0.717, 1.165) is 0 Å². The van der Waals surface area contributed by atoms with Crippen LogP contribution in [0.15, 0.2) is 34.5 Å². The summed E-state index contributed by atoms with van der Waals surface area (Å²) in [6, 6.07) is 5.08. The molecule has 12 atom stereocenters. The fourth-order valence-corrected chi connectivity index (χ4v) is 9.90. The van der Waals surface area contributed by atoms with Crippen molar-refractivity contribution in [1.29, 1.82) is 0 Å². The van der Waals surface area contributed by atoms with Gasteiger partial charge in [0.2, 0.25) is 11.9 Å². The average molecular weight is 639 g/mol. The summed E-state index contributed by atoms with van der Waals surface area (Å²) in [4.78, 5) is 40.3. The number of hydrogen-bond donors (Lipinski definition) is 3. The van der Waals surface area contributed by atoms with E-state index in [1.807, 2.05) is 0 Å². The molecule has 0 aromatic heterocycles. The number of carbonyl (C=O) groups is 3. The molecule has 0 amide bonds. The first kappa shape index (κ1) is 29.2. The fourth-order valence-electron chi connectivity index (χ4n) is 9.90. The van der Waals surface area contributed by atoms with E-state index < -0.39 is 106 Å². The van der Waals surface area contributed by atoms with Crippen molar-refractivity contribution in [3.8, 4) is 0 Å². The van der Waals surface area contributed by atoms with Crippen LogP contribution in [0, 0.1) is 28.1 Å². The molecule has 13 nitrogen and oxygen atoms in total. The maximum Gasteiger partial charge on any atom is 0.442 e. The molecule has 16 heteroatoms. The van der Waals surface area contributed by atoms with Crippen molar-refractivity contribution in [3.05, 3.63) is 35.4 Å². The number of esters is 3. The highest BCUT2D eigenvalue weighted by Gasteiger charge is 3.05. The predicted molar refractivity (Wildman–Crippen MR) is 135 cm³/mol. The van der Waals surface area contributed by atoms with Crippen LogP contribution in [-0.4, -0.2) is 87.4 Å². The number of aliphatic hydroxyl groups is 3. The van der Waals surface area contributed by atoms with Crippen molar-refractivity contribution in [2.24, 2.45) is 38.3 Å². The maximum absolute atomic E-state index is 13.9. The maximum atomic E-state index is 13.9. The minimum atomic E-state index is -4.72. The van der Waals surface area contributed by atoms with Crippen LogP contribution in [0.5, 0.6) is 0 Å². The van der Waals surface area contributed by atoms with Crippen LogP contribution >= 0.6 is 0 Å². The molecule has 7 aliphatic rings. The molecule has 3 N–H and O–H groups in total. The standard InChI is InChI=1S/C29H29F3N2O11/c1-10-19(37)42-17-15(36)25-16-13(35)14(23(2,3)4)24(25)18(20(38)44-22(24)45-27(25,21(39)43-16)26(10,17)40)41-9-11-5-7-12(8-6-11)28(33-34-28)29(30,31)32/h5-8,10,13-18,22,35-36,40H,9H2,1-4H3/t10-,13-,14+,15+,16-,17+,18+,22+,24-,25+,26-,27-/m1/s1. The van der Waals surface area contributed by atoms with Crippen molar-refractivity contribution in [1.82, 2.24) is 0 Å². The lowest BCUT2D eigenvalue weighted by Crippen LogP contribution is -2.67. The third kappa shape index (κ3) is 2.74. The lowest BCUT2D eigenvalue weighted by atomic mass is 9.51. The number of ether oxygens (including phenoxy) is 5. The van der Waals surface area contributed by atoms with Gasteiger partial charge in [-0.15, -0.1) is 10.2 Å². The Bertz CT molecular complexity index is 1590. The largest absolute Gasteiger partial charge is 0.456 e. The monoisotopic (exact) mass is 638 g/mol. The number of benzene rings is 1. The molecule has 2 aliphatic carbocycles. The molecule has 8 rings (SSSR count). The van der Waals surface area contributed by atoms with E-state index in [0.29, 0.717) is 5.56 Å². The predicted octanol–water partition coefficient (Wildman–Crippen LogP) is 1.01. The Kier molecular flexibility index (Phi) is 5.21. The zero-order valence-electron chi connectivity index (χ0n) is 24.3. The van der Waals surface area contributed by atoms with Gasteiger partial charge in [0.25, 0.3) is 0 Å². The quantitative estimate of drug-likeness (QED) is 0.316. The second kappa shape index (κ2) is 8.02. The molecule has 0 radical (unpaired) electrons. The molecular formula is C29H29F3N2O11. The Morgan fingerprint density at radius 1 is 0.956 bits per heavy atom. The Balaban J connectivity index is 1.25. The van der Waals surface area contributed by atoms with Crippen LogP contribution in [0.25, 0.3) is 0 Å². The summed E-state index contributed by atoms with van der Waals surface area (Å²) >= 11 is 0. The number of aliphatic hydroxyl groups excluding tert-OH is 2. The molecule has 5 heterocycles. The first-order chi connectivity index (χ1) is 20.9. The van der Waals surface area contributed by atoms with Crippen molar-refractivity contribution < 1.29 is 66.6 Å². The molecule has 1 aromatic rings. The third-order valence-corrected chi connectivity index (χ3v) is 11.4. The molecule has 2 spiro atoms. The first-order valence-electron chi connectivity index (χ1n) is 14.5. The molecular weight excluding hydrogens is 609 g/mol. The molecule has 242 valence electrons. The topological polar surface area (TPSA) is 183 Å². The number of alkyl halides is 3. The van der Waals surface area contributed by atoms with Crippen molar-refractivity contribution >= 4 is 17.9 Å². The minimum absolute atomic E-state index is 0.209. The Morgan fingerprint density at radius 2 is 1.60 bits per heavy atom. The van der Waals surface area contributed by atoms with E-state index in [1.165, 1.54) is 31.2 Å². The Morgan fingerprint density at radius 3 is 2.18 bits per heavy atom. The van der Waals surface area contributed by atoms with Crippen LogP contribution < -0.4 is 0 Å². The highest BCUT2D eigenvalue weighted by Crippen LogP contribution is 2.84. The molecule has 1 aromatic carbocycles. The van der Waals surface area contributed by atoms with Gasteiger partial charge in [0.1, 0.15) is 12.2 Å². The average Bonchev–Trinajstić information content (AvgIpc) is 3.40. The number of nitrogens with zero attached hydrogens (tertiary/aromatic N) is 2. The molecule has 6 fully saturated rings. The van der Waals surface area contributed by atoms with E-state index in [1.54, 1.807) is 20.8 Å². The number of halogens is 3. The highest BCUT2D eigenvalue weighted by molar-refractivity contribution is 5.94. The van der Waals surface area contributed by atoms with E-state index in [-0.39, 0.29) is 12.2 Å². The molecule has 4 saturated heterocycles. The molecule has 45 heavy (non-hydrogen) atoms. The van der Waals surface area contributed by atoms with Gasteiger partial charge in [-0.1, -0.05) is 45.0 Å². The normalized spacial score (nSPS) is 48.1. The lowest BCUT2D eigenvalue weighted by molar-refractivity contribution is -0.240. The lowest BCUT2D eigenvalue weighted by Gasteiger charge is -2.48. The summed E-state index contributed by atoms with van der Waals surface area (Å²) in [6.07, 6.45) is -14.6. The van der Waals surface area contributed by atoms with Crippen molar-refractivity contribution in [2.75, 3.05) is 0 Å². The smallest absolute Gasteiger partial charge is 0.442 e. The fraction of sp³-hybridized carbons (Fsp3) is 0.690. The van der Waals surface area contributed by atoms with Crippen molar-refractivity contribution in [3.63, 3.8) is 0 Å². The molecule has 5 aliphatic heterocycles. The minimum Gasteiger partial charge on any atom is -0.456 e. The zero-order chi connectivity index (χ0) is 32.5.